The summed E-state index contributed by atoms with van der Waals surface area (Å²) in [6, 6.07) is 4.79. The molecule has 0 unspecified atom stereocenters. The number of amidine groups is 1. The molecule has 2 N–H and O–H groups in total. The Hall–Kier alpha value is -1.18. The average molecular weight is 346 g/mol. The first-order chi connectivity index (χ1) is 9.65. The molecule has 0 aliphatic carbocycles. The molecule has 0 atom stereocenters. The van der Waals surface area contributed by atoms with Gasteiger partial charge in [0.25, 0.3) is 0 Å². The molecule has 0 saturated carbocycles. The number of rotatable bonds is 5. The molecule has 1 aromatic carbocycles. The molecule has 1 saturated heterocycles. The van der Waals surface area contributed by atoms with Crippen LogP contribution in [-0.2, 0) is 16.2 Å². The molecule has 5 nitrogen and oxygen atoms in total. The quantitative estimate of drug-likeness (QED) is 0.501. The number of halogens is 2. The van der Waals surface area contributed by atoms with Crippen LogP contribution < -0.4 is 5.73 Å². The van der Waals surface area contributed by atoms with Crippen molar-refractivity contribution in [1.29, 1.82) is 0 Å². The molecule has 1 aromatic rings. The number of benzene rings is 1. The van der Waals surface area contributed by atoms with Crippen LogP contribution >= 0.6 is 15.9 Å². The number of morpholine rings is 1. The van der Waals surface area contributed by atoms with Gasteiger partial charge in [0.05, 0.1) is 19.8 Å². The molecule has 0 bridgehead atoms. The van der Waals surface area contributed by atoms with Crippen molar-refractivity contribution >= 4 is 21.8 Å². The van der Waals surface area contributed by atoms with E-state index in [9.17, 15) is 4.39 Å². The topological polar surface area (TPSA) is 60.1 Å². The predicted octanol–water partition coefficient (Wildman–Crippen LogP) is 1.71. The van der Waals surface area contributed by atoms with E-state index >= 15 is 0 Å². The largest absolute Gasteiger partial charge is 0.389 e. The standard InChI is InChI=1S/C13H17BrFN3O2/c14-11-2-1-10(12(15)7-11)9-20-17-13(16)8-18-3-5-19-6-4-18/h1-2,7H,3-6,8-9H2,(H2,16,17). The molecule has 0 aromatic heterocycles. The molecule has 0 spiro atoms. The number of nitrogens with zero attached hydrogens (tertiary/aromatic N) is 2. The summed E-state index contributed by atoms with van der Waals surface area (Å²) in [5, 5.41) is 3.81. The minimum atomic E-state index is -0.332. The lowest BCUT2D eigenvalue weighted by Gasteiger charge is -2.25. The van der Waals surface area contributed by atoms with Crippen molar-refractivity contribution in [3.8, 4) is 0 Å². The Balaban J connectivity index is 1.79. The fraction of sp³-hybridized carbons (Fsp3) is 0.462. The van der Waals surface area contributed by atoms with E-state index in [0.717, 1.165) is 13.1 Å². The van der Waals surface area contributed by atoms with Gasteiger partial charge in [0.15, 0.2) is 5.84 Å². The van der Waals surface area contributed by atoms with Crippen molar-refractivity contribution in [3.63, 3.8) is 0 Å². The molecule has 1 aliphatic rings. The molecule has 1 aliphatic heterocycles. The Morgan fingerprint density at radius 3 is 2.90 bits per heavy atom. The first-order valence-electron chi connectivity index (χ1n) is 6.33. The van der Waals surface area contributed by atoms with Gasteiger partial charge >= 0.3 is 0 Å². The number of oxime groups is 1. The van der Waals surface area contributed by atoms with Crippen molar-refractivity contribution in [2.75, 3.05) is 32.8 Å². The van der Waals surface area contributed by atoms with Crippen LogP contribution in [0, 0.1) is 5.82 Å². The molecule has 7 heteroatoms. The Morgan fingerprint density at radius 2 is 2.20 bits per heavy atom. The highest BCUT2D eigenvalue weighted by Gasteiger charge is 2.11. The number of ether oxygens (including phenoxy) is 1. The second-order valence-electron chi connectivity index (χ2n) is 4.48. The molecular weight excluding hydrogens is 329 g/mol. The average Bonchev–Trinajstić information content (AvgIpc) is 2.42. The summed E-state index contributed by atoms with van der Waals surface area (Å²) in [5.41, 5.74) is 6.21. The monoisotopic (exact) mass is 345 g/mol. The summed E-state index contributed by atoms with van der Waals surface area (Å²) < 4.78 is 19.5. The summed E-state index contributed by atoms with van der Waals surface area (Å²) in [4.78, 5) is 7.22. The molecule has 110 valence electrons. The van der Waals surface area contributed by atoms with E-state index in [1.165, 1.54) is 6.07 Å². The van der Waals surface area contributed by atoms with Gasteiger partial charge in [-0.3, -0.25) is 4.90 Å². The van der Waals surface area contributed by atoms with Crippen LogP contribution in [0.3, 0.4) is 0 Å². The second-order valence-corrected chi connectivity index (χ2v) is 5.40. The van der Waals surface area contributed by atoms with E-state index < -0.39 is 0 Å². The van der Waals surface area contributed by atoms with Crippen molar-refractivity contribution < 1.29 is 14.0 Å². The van der Waals surface area contributed by atoms with E-state index in [-0.39, 0.29) is 12.4 Å². The highest BCUT2D eigenvalue weighted by Crippen LogP contribution is 2.15. The van der Waals surface area contributed by atoms with Crippen LogP contribution in [0.2, 0.25) is 0 Å². The van der Waals surface area contributed by atoms with Crippen LogP contribution in [0.1, 0.15) is 5.56 Å². The molecule has 1 fully saturated rings. The SMILES string of the molecule is N/C(CN1CCOCC1)=N\OCc1ccc(Br)cc1F. The van der Waals surface area contributed by atoms with Gasteiger partial charge in [-0.15, -0.1) is 0 Å². The third-order valence-corrected chi connectivity index (χ3v) is 3.40. The maximum absolute atomic E-state index is 13.5. The third kappa shape index (κ3) is 4.73. The molecule has 2 rings (SSSR count). The Kier molecular flexibility index (Phi) is 5.75. The Labute approximate surface area is 125 Å². The summed E-state index contributed by atoms with van der Waals surface area (Å²) in [7, 11) is 0. The van der Waals surface area contributed by atoms with Gasteiger partial charge in [-0.1, -0.05) is 27.2 Å². The maximum Gasteiger partial charge on any atom is 0.153 e. The van der Waals surface area contributed by atoms with Gasteiger partial charge < -0.3 is 15.3 Å². The van der Waals surface area contributed by atoms with Gasteiger partial charge in [-0.05, 0) is 12.1 Å². The fourth-order valence-corrected chi connectivity index (χ4v) is 2.17. The van der Waals surface area contributed by atoms with Gasteiger partial charge in [-0.25, -0.2) is 4.39 Å². The van der Waals surface area contributed by atoms with Crippen molar-refractivity contribution in [1.82, 2.24) is 4.90 Å². The summed E-state index contributed by atoms with van der Waals surface area (Å²) >= 11 is 3.20. The zero-order chi connectivity index (χ0) is 14.4. The van der Waals surface area contributed by atoms with Gasteiger partial charge in [0.1, 0.15) is 12.4 Å². The minimum Gasteiger partial charge on any atom is -0.389 e. The fourth-order valence-electron chi connectivity index (χ4n) is 1.84. The van der Waals surface area contributed by atoms with E-state index in [2.05, 4.69) is 26.0 Å². The van der Waals surface area contributed by atoms with Crippen molar-refractivity contribution in [2.45, 2.75) is 6.61 Å². The van der Waals surface area contributed by atoms with Crippen LogP contribution in [0.4, 0.5) is 4.39 Å². The summed E-state index contributed by atoms with van der Waals surface area (Å²) in [5.74, 6) is 0.0470. The zero-order valence-corrected chi connectivity index (χ0v) is 12.6. The number of hydrogen-bond acceptors (Lipinski definition) is 4. The lowest BCUT2D eigenvalue weighted by molar-refractivity contribution is 0.0443. The van der Waals surface area contributed by atoms with E-state index in [1.54, 1.807) is 12.1 Å². The number of hydrogen-bond donors (Lipinski definition) is 1. The first kappa shape index (κ1) is 15.2. The molecule has 0 amide bonds. The van der Waals surface area contributed by atoms with Crippen molar-refractivity contribution in [3.05, 3.63) is 34.1 Å². The van der Waals surface area contributed by atoms with E-state index in [0.29, 0.717) is 35.6 Å². The van der Waals surface area contributed by atoms with Gasteiger partial charge in [0, 0.05) is 23.1 Å². The maximum atomic E-state index is 13.5. The zero-order valence-electron chi connectivity index (χ0n) is 11.0. The first-order valence-corrected chi connectivity index (χ1v) is 7.13. The third-order valence-electron chi connectivity index (χ3n) is 2.91. The normalized spacial score (nSPS) is 17.2. The van der Waals surface area contributed by atoms with Crippen LogP contribution in [0.5, 0.6) is 0 Å². The Morgan fingerprint density at radius 1 is 1.45 bits per heavy atom. The molecular formula is C13H17BrFN3O2. The van der Waals surface area contributed by atoms with Crippen LogP contribution in [0.25, 0.3) is 0 Å². The van der Waals surface area contributed by atoms with Crippen LogP contribution in [-0.4, -0.2) is 43.6 Å². The smallest absolute Gasteiger partial charge is 0.153 e. The van der Waals surface area contributed by atoms with Gasteiger partial charge in [-0.2, -0.15) is 0 Å². The van der Waals surface area contributed by atoms with E-state index in [4.69, 9.17) is 15.3 Å². The molecule has 0 radical (unpaired) electrons. The van der Waals surface area contributed by atoms with Gasteiger partial charge in [0.2, 0.25) is 0 Å². The minimum absolute atomic E-state index is 0.0585. The highest BCUT2D eigenvalue weighted by molar-refractivity contribution is 9.10. The highest BCUT2D eigenvalue weighted by atomic mass is 79.9. The predicted molar refractivity (Wildman–Crippen MR) is 77.8 cm³/mol. The second kappa shape index (κ2) is 7.56. The Bertz CT molecular complexity index is 479. The van der Waals surface area contributed by atoms with Crippen LogP contribution in [0.15, 0.2) is 27.8 Å². The lowest BCUT2D eigenvalue weighted by atomic mass is 10.2. The summed E-state index contributed by atoms with van der Waals surface area (Å²) in [6.07, 6.45) is 0. The molecule has 20 heavy (non-hydrogen) atoms. The summed E-state index contributed by atoms with van der Waals surface area (Å²) in [6.45, 7) is 3.67. The lowest BCUT2D eigenvalue weighted by Crippen LogP contribution is -2.41. The number of nitrogens with two attached hydrogens (primary N) is 1. The van der Waals surface area contributed by atoms with Crippen molar-refractivity contribution in [2.24, 2.45) is 10.9 Å². The van der Waals surface area contributed by atoms with E-state index in [1.807, 2.05) is 0 Å². The molecule has 1 heterocycles.